The van der Waals surface area contributed by atoms with Crippen LogP contribution in [-0.4, -0.2) is 97.2 Å². The molecule has 0 bridgehead atoms. The molecule has 0 spiro atoms. The Morgan fingerprint density at radius 1 is 1.12 bits per heavy atom. The number of nitrogens with zero attached hydrogens (tertiary/aromatic N) is 5. The van der Waals surface area contributed by atoms with Crippen molar-refractivity contribution in [3.63, 3.8) is 0 Å². The van der Waals surface area contributed by atoms with Crippen molar-refractivity contribution in [2.45, 2.75) is 37.4 Å². The van der Waals surface area contributed by atoms with Gasteiger partial charge in [0, 0.05) is 46.8 Å². The van der Waals surface area contributed by atoms with Gasteiger partial charge in [0.25, 0.3) is 21.7 Å². The number of aromatic hydroxyl groups is 1. The zero-order valence-electron chi connectivity index (χ0n) is 22.4. The molecule has 14 nitrogen and oxygen atoms in total. The molecule has 4 rings (SSSR count). The lowest BCUT2D eigenvalue weighted by Crippen LogP contribution is -2.53. The third-order valence-corrected chi connectivity index (χ3v) is 10.7. The van der Waals surface area contributed by atoms with Crippen LogP contribution in [0.4, 0.5) is 4.39 Å². The molecule has 1 saturated heterocycles. The standard InChI is InChI=1S/C23H31FN6O8S2/c1-23(2)22-26-18(19(31)21(33)30(22)11-12-38-23)20(32)25-14-15-5-6-16(24)13-17(15)39(34,35)28-7-9-29(10-8-28)40(36,37)27(3)4/h5-6,13,31H,7-12,14H2,1-4H3,(H,25,32). The lowest BCUT2D eigenvalue weighted by Gasteiger charge is -2.34. The Hall–Kier alpha value is -2.96. The van der Waals surface area contributed by atoms with Crippen molar-refractivity contribution in [2.24, 2.45) is 0 Å². The summed E-state index contributed by atoms with van der Waals surface area (Å²) < 4.78 is 75.9. The summed E-state index contributed by atoms with van der Waals surface area (Å²) in [6.07, 6.45) is 0. The van der Waals surface area contributed by atoms with E-state index in [1.807, 2.05) is 0 Å². The Balaban J connectivity index is 1.57. The van der Waals surface area contributed by atoms with Gasteiger partial charge in [0.1, 0.15) is 17.2 Å². The Labute approximate surface area is 231 Å². The normalized spacial score (nSPS) is 18.4. The number of fused-ring (bicyclic) bond motifs is 1. The number of rotatable bonds is 7. The average Bonchev–Trinajstić information content (AvgIpc) is 2.89. The maximum atomic E-state index is 14.2. The topological polar surface area (TPSA) is 171 Å². The molecule has 2 aromatic rings. The number of hydrogen-bond donors (Lipinski definition) is 2. The van der Waals surface area contributed by atoms with Gasteiger partial charge in [-0.3, -0.25) is 14.2 Å². The van der Waals surface area contributed by atoms with E-state index in [9.17, 15) is 35.9 Å². The largest absolute Gasteiger partial charge is 0.501 e. The molecule has 3 heterocycles. The van der Waals surface area contributed by atoms with Crippen molar-refractivity contribution >= 4 is 26.1 Å². The summed E-state index contributed by atoms with van der Waals surface area (Å²) in [5.74, 6) is -2.50. The van der Waals surface area contributed by atoms with E-state index in [2.05, 4.69) is 10.3 Å². The fraction of sp³-hybridized carbons (Fsp3) is 0.522. The molecule has 2 aliphatic rings. The molecule has 40 heavy (non-hydrogen) atoms. The predicted molar refractivity (Wildman–Crippen MR) is 140 cm³/mol. The minimum Gasteiger partial charge on any atom is -0.501 e. The number of sulfonamides is 1. The maximum absolute atomic E-state index is 14.2. The van der Waals surface area contributed by atoms with Crippen molar-refractivity contribution < 1.29 is 35.9 Å². The first kappa shape index (κ1) is 30.0. The molecule has 2 aliphatic heterocycles. The molecule has 1 amide bonds. The molecule has 0 radical (unpaired) electrons. The van der Waals surface area contributed by atoms with Crippen molar-refractivity contribution in [3.05, 3.63) is 51.5 Å². The zero-order valence-corrected chi connectivity index (χ0v) is 24.1. The number of carbonyl (C=O) groups excluding carboxylic acids is 1. The van der Waals surface area contributed by atoms with E-state index < -0.39 is 66.0 Å². The first-order valence-electron chi connectivity index (χ1n) is 12.3. The summed E-state index contributed by atoms with van der Waals surface area (Å²) in [5.41, 5.74) is -2.34. The number of amides is 1. The number of aromatic nitrogens is 2. The smallest absolute Gasteiger partial charge is 0.296 e. The number of piperazine rings is 1. The van der Waals surface area contributed by atoms with E-state index >= 15 is 0 Å². The number of benzene rings is 1. The molecule has 1 fully saturated rings. The van der Waals surface area contributed by atoms with Crippen molar-refractivity contribution in [1.82, 2.24) is 27.8 Å². The van der Waals surface area contributed by atoms with Crippen molar-refractivity contribution in [2.75, 3.05) is 46.9 Å². The van der Waals surface area contributed by atoms with Crippen LogP contribution < -0.4 is 10.9 Å². The molecule has 2 N–H and O–H groups in total. The number of hydrogen-bond acceptors (Lipinski definition) is 9. The van der Waals surface area contributed by atoms with Gasteiger partial charge in [0.05, 0.1) is 18.0 Å². The Morgan fingerprint density at radius 3 is 2.38 bits per heavy atom. The third kappa shape index (κ3) is 5.48. The van der Waals surface area contributed by atoms with E-state index in [4.69, 9.17) is 4.74 Å². The number of nitrogens with one attached hydrogen (secondary N) is 1. The second-order valence-electron chi connectivity index (χ2n) is 9.98. The van der Waals surface area contributed by atoms with Crippen LogP contribution in [0.2, 0.25) is 0 Å². The summed E-state index contributed by atoms with van der Waals surface area (Å²) in [7, 11) is -5.28. The highest BCUT2D eigenvalue weighted by atomic mass is 32.2. The predicted octanol–water partition coefficient (Wildman–Crippen LogP) is -0.604. The molecule has 0 saturated carbocycles. The highest BCUT2D eigenvalue weighted by Gasteiger charge is 2.36. The van der Waals surface area contributed by atoms with Gasteiger partial charge in [-0.1, -0.05) is 6.07 Å². The molecule has 0 unspecified atom stereocenters. The average molecular weight is 603 g/mol. The number of carbonyl (C=O) groups is 1. The summed E-state index contributed by atoms with van der Waals surface area (Å²) in [5, 5.41) is 12.8. The summed E-state index contributed by atoms with van der Waals surface area (Å²) >= 11 is 0. The van der Waals surface area contributed by atoms with E-state index in [1.54, 1.807) is 13.8 Å². The van der Waals surface area contributed by atoms with Gasteiger partial charge in [-0.25, -0.2) is 17.8 Å². The van der Waals surface area contributed by atoms with Gasteiger partial charge in [0.15, 0.2) is 5.69 Å². The first-order valence-corrected chi connectivity index (χ1v) is 15.1. The minimum atomic E-state index is -4.29. The SMILES string of the molecule is CN(C)S(=O)(=O)N1CCN(S(=O)(=O)c2cc(F)ccc2CNC(=O)c2nc3n(c(=O)c2O)CCOC3(C)C)CC1. The molecule has 17 heteroatoms. The first-order chi connectivity index (χ1) is 18.6. The molecule has 0 atom stereocenters. The Bertz CT molecular complexity index is 1600. The van der Waals surface area contributed by atoms with Gasteiger partial charge in [-0.2, -0.15) is 21.3 Å². The highest BCUT2D eigenvalue weighted by molar-refractivity contribution is 7.89. The van der Waals surface area contributed by atoms with Gasteiger partial charge < -0.3 is 15.2 Å². The van der Waals surface area contributed by atoms with Gasteiger partial charge in [-0.05, 0) is 31.5 Å². The lowest BCUT2D eigenvalue weighted by atomic mass is 10.1. The molecular weight excluding hydrogens is 571 g/mol. The van der Waals surface area contributed by atoms with E-state index in [0.29, 0.717) is 0 Å². The highest BCUT2D eigenvalue weighted by Crippen LogP contribution is 2.28. The third-order valence-electron chi connectivity index (χ3n) is 6.75. The maximum Gasteiger partial charge on any atom is 0.296 e. The fourth-order valence-corrected chi connectivity index (χ4v) is 7.25. The quantitative estimate of drug-likeness (QED) is 0.420. The summed E-state index contributed by atoms with van der Waals surface area (Å²) in [6.45, 7) is 2.77. The van der Waals surface area contributed by atoms with Crippen molar-refractivity contribution in [3.8, 4) is 5.75 Å². The van der Waals surface area contributed by atoms with Crippen molar-refractivity contribution in [1.29, 1.82) is 0 Å². The van der Waals surface area contributed by atoms with Gasteiger partial charge in [0.2, 0.25) is 15.8 Å². The van der Waals surface area contributed by atoms with Crippen LogP contribution in [0.3, 0.4) is 0 Å². The molecule has 1 aromatic heterocycles. The molecule has 220 valence electrons. The van der Waals surface area contributed by atoms with Crippen LogP contribution in [0.25, 0.3) is 0 Å². The van der Waals surface area contributed by atoms with Gasteiger partial charge >= 0.3 is 0 Å². The van der Waals surface area contributed by atoms with Crippen LogP contribution in [0.15, 0.2) is 27.9 Å². The molecular formula is C23H31FN6O8S2. The fourth-order valence-electron chi connectivity index (χ4n) is 4.51. The van der Waals surface area contributed by atoms with E-state index in [0.717, 1.165) is 25.0 Å². The molecule has 1 aromatic carbocycles. The van der Waals surface area contributed by atoms with E-state index in [-0.39, 0.29) is 50.7 Å². The minimum absolute atomic E-state index is 0.0379. The summed E-state index contributed by atoms with van der Waals surface area (Å²) in [4.78, 5) is 29.4. The Morgan fingerprint density at radius 2 is 1.75 bits per heavy atom. The van der Waals surface area contributed by atoms with Gasteiger partial charge in [-0.15, -0.1) is 0 Å². The Kier molecular flexibility index (Phi) is 8.09. The second-order valence-corrected chi connectivity index (χ2v) is 14.0. The zero-order chi connectivity index (χ0) is 29.6. The van der Waals surface area contributed by atoms with Crippen LogP contribution in [-0.2, 0) is 43.7 Å². The number of ether oxygens (including phenoxy) is 1. The molecule has 0 aliphatic carbocycles. The lowest BCUT2D eigenvalue weighted by molar-refractivity contribution is -0.0566. The van der Waals surface area contributed by atoms with Crippen LogP contribution in [0, 0.1) is 5.82 Å². The van der Waals surface area contributed by atoms with Crippen LogP contribution in [0.1, 0.15) is 35.7 Å². The van der Waals surface area contributed by atoms with E-state index in [1.165, 1.54) is 24.7 Å². The monoisotopic (exact) mass is 602 g/mol. The van der Waals surface area contributed by atoms with Crippen LogP contribution >= 0.6 is 0 Å². The summed E-state index contributed by atoms with van der Waals surface area (Å²) in [6, 6.07) is 3.05. The van der Waals surface area contributed by atoms with Crippen LogP contribution in [0.5, 0.6) is 5.75 Å². The number of halogens is 1. The second kappa shape index (κ2) is 10.8.